The molecule has 0 spiro atoms. The molecule has 2 unspecified atom stereocenters. The maximum Gasteiger partial charge on any atom is -1.00 e. The van der Waals surface area contributed by atoms with E-state index in [0.29, 0.717) is 7.25 Å². The second-order valence-corrected chi connectivity index (χ2v) is 17.6. The van der Waals surface area contributed by atoms with Crippen LogP contribution in [-0.2, 0) is 48.9 Å². The molecule has 2 atom stereocenters. The summed E-state index contributed by atoms with van der Waals surface area (Å²) >= 11 is -1.32. The Morgan fingerprint density at radius 3 is 1.28 bits per heavy atom. The van der Waals surface area contributed by atoms with Crippen molar-refractivity contribution in [2.45, 2.75) is 73.5 Å². The van der Waals surface area contributed by atoms with E-state index >= 15 is 0 Å². The van der Waals surface area contributed by atoms with Gasteiger partial charge in [-0.25, -0.2) is 0 Å². The van der Waals surface area contributed by atoms with Crippen LogP contribution < -0.4 is 24.8 Å². The molecular weight excluding hydrogens is 771 g/mol. The molecule has 4 aromatic carbocycles. The van der Waals surface area contributed by atoms with Crippen molar-refractivity contribution in [2.24, 2.45) is 0 Å². The molecule has 5 heteroatoms. The van der Waals surface area contributed by atoms with Crippen LogP contribution in [-0.4, -0.2) is 0 Å². The van der Waals surface area contributed by atoms with Crippen molar-refractivity contribution in [1.82, 2.24) is 0 Å². The minimum absolute atomic E-state index is 0. The molecule has 268 valence electrons. The van der Waals surface area contributed by atoms with E-state index in [2.05, 4.69) is 149 Å². The molecule has 8 rings (SSSR count). The summed E-state index contributed by atoms with van der Waals surface area (Å²) in [4.78, 5) is 0. The zero-order valence-corrected chi connectivity index (χ0v) is 35.0. The van der Waals surface area contributed by atoms with Crippen molar-refractivity contribution >= 4 is 23.3 Å². The van der Waals surface area contributed by atoms with Crippen LogP contribution in [0.1, 0.15) is 104 Å². The van der Waals surface area contributed by atoms with Gasteiger partial charge in [-0.1, -0.05) is 0 Å². The molecule has 0 N–H and O–H groups in total. The fourth-order valence-electron chi connectivity index (χ4n) is 7.93. The molecule has 0 aliphatic heterocycles. The SMILES string of the molecule is CCCc1ccc(C2=Cc3c(-c4ccc(CC)cc4)cccc3[CH]2[Zr+2][CH]2C(c3ccc(CCC)o3)=Cc3c(-c4ccc(CC)cc4)cccc32)o1.[Cl-].[Cl-]. The third kappa shape index (κ3) is 7.68. The summed E-state index contributed by atoms with van der Waals surface area (Å²) in [6.07, 6.45) is 11.1. The number of hydrogen-bond donors (Lipinski definition) is 0. The summed E-state index contributed by atoms with van der Waals surface area (Å²) in [5, 5.41) is 0. The van der Waals surface area contributed by atoms with Crippen LogP contribution in [0.2, 0.25) is 0 Å². The number of fused-ring (bicyclic) bond motifs is 2. The molecule has 0 saturated heterocycles. The maximum atomic E-state index is 6.64. The first-order valence-electron chi connectivity index (χ1n) is 18.9. The largest absolute Gasteiger partial charge is 1.00 e. The molecule has 2 nitrogen and oxygen atoms in total. The molecule has 0 fully saturated rings. The number of benzene rings is 4. The molecule has 0 radical (unpaired) electrons. The Balaban J connectivity index is 0.00000240. The molecule has 2 aliphatic carbocycles. The molecule has 2 aromatic heterocycles. The fraction of sp³-hybridized carbons (Fsp3) is 0.250. The normalized spacial score (nSPS) is 15.5. The average molecular weight is 817 g/mol. The Morgan fingerprint density at radius 1 is 0.491 bits per heavy atom. The van der Waals surface area contributed by atoms with E-state index in [9.17, 15) is 0 Å². The molecular formula is C48H46Cl2O2Zr. The second-order valence-electron chi connectivity index (χ2n) is 14.0. The van der Waals surface area contributed by atoms with Crippen LogP contribution in [0.5, 0.6) is 0 Å². The summed E-state index contributed by atoms with van der Waals surface area (Å²) in [5.41, 5.74) is 16.2. The standard InChI is InChI=1S/2C24H23O.2ClH.Zr/c2*1-3-6-21-13-14-24(25-21)20-15-19-7-5-8-22(23(19)16-20)18-11-9-17(4-2)10-12-18;;;/h2*5,7-16H,3-4,6H2,1-2H3;2*1H;/q;;;;+2/p-2. The first kappa shape index (κ1) is 39.1. The predicted molar refractivity (Wildman–Crippen MR) is 209 cm³/mol. The first-order valence-corrected chi connectivity index (χ1v) is 21.7. The van der Waals surface area contributed by atoms with Gasteiger partial charge in [-0.15, -0.1) is 0 Å². The van der Waals surface area contributed by atoms with Crippen molar-refractivity contribution in [3.63, 3.8) is 0 Å². The predicted octanol–water partition coefficient (Wildman–Crippen LogP) is 7.22. The van der Waals surface area contributed by atoms with Crippen molar-refractivity contribution < 1.29 is 56.9 Å². The summed E-state index contributed by atoms with van der Waals surface area (Å²) in [7, 11) is 0. The second kappa shape index (κ2) is 17.2. The van der Waals surface area contributed by atoms with E-state index in [4.69, 9.17) is 8.83 Å². The molecule has 2 aliphatic rings. The van der Waals surface area contributed by atoms with Crippen LogP contribution in [0.25, 0.3) is 45.6 Å². The van der Waals surface area contributed by atoms with Crippen molar-refractivity contribution in [3.8, 4) is 22.3 Å². The zero-order valence-electron chi connectivity index (χ0n) is 31.0. The Bertz CT molecular complexity index is 2080. The number of furan rings is 2. The van der Waals surface area contributed by atoms with E-state index in [1.54, 1.807) is 0 Å². The van der Waals surface area contributed by atoms with E-state index in [-0.39, 0.29) is 24.8 Å². The van der Waals surface area contributed by atoms with Gasteiger partial charge in [-0.2, -0.15) is 0 Å². The number of halogens is 2. The zero-order chi connectivity index (χ0) is 34.9. The van der Waals surface area contributed by atoms with E-state index in [1.165, 1.54) is 66.8 Å². The Morgan fingerprint density at radius 2 is 0.906 bits per heavy atom. The third-order valence-corrected chi connectivity index (χ3v) is 15.4. The van der Waals surface area contributed by atoms with Crippen LogP contribution in [0.4, 0.5) is 0 Å². The van der Waals surface area contributed by atoms with Gasteiger partial charge < -0.3 is 24.8 Å². The van der Waals surface area contributed by atoms with Crippen molar-refractivity contribution in [3.05, 3.63) is 166 Å². The number of aryl methyl sites for hydroxylation is 4. The monoisotopic (exact) mass is 814 g/mol. The Kier molecular flexibility index (Phi) is 12.7. The van der Waals surface area contributed by atoms with Gasteiger partial charge in [-0.05, 0) is 0 Å². The van der Waals surface area contributed by atoms with Gasteiger partial charge >= 0.3 is 317 Å². The minimum atomic E-state index is -1.32. The number of hydrogen-bond acceptors (Lipinski definition) is 2. The molecule has 0 bridgehead atoms. The maximum absolute atomic E-state index is 6.64. The topological polar surface area (TPSA) is 26.3 Å². The van der Waals surface area contributed by atoms with E-state index < -0.39 is 23.2 Å². The fourth-order valence-corrected chi connectivity index (χ4v) is 12.9. The van der Waals surface area contributed by atoms with Crippen molar-refractivity contribution in [2.75, 3.05) is 0 Å². The van der Waals surface area contributed by atoms with Crippen molar-refractivity contribution in [1.29, 1.82) is 0 Å². The number of allylic oxidation sites excluding steroid dienone is 2. The smallest absolute Gasteiger partial charge is 1.00 e. The molecule has 2 heterocycles. The van der Waals surface area contributed by atoms with Gasteiger partial charge in [0.15, 0.2) is 0 Å². The molecule has 0 amide bonds. The van der Waals surface area contributed by atoms with Gasteiger partial charge in [0.05, 0.1) is 0 Å². The Labute approximate surface area is 339 Å². The summed E-state index contributed by atoms with van der Waals surface area (Å²) in [5.74, 6) is 4.22. The van der Waals surface area contributed by atoms with E-state index in [1.807, 2.05) is 0 Å². The summed E-state index contributed by atoms with van der Waals surface area (Å²) in [6.45, 7) is 8.88. The van der Waals surface area contributed by atoms with E-state index in [0.717, 1.165) is 61.6 Å². The summed E-state index contributed by atoms with van der Waals surface area (Å²) in [6, 6.07) is 41.1. The quantitative estimate of drug-likeness (QED) is 0.131. The third-order valence-electron chi connectivity index (χ3n) is 10.7. The van der Waals surface area contributed by atoms with Gasteiger partial charge in [-0.3, -0.25) is 0 Å². The first-order chi connectivity index (χ1) is 25.1. The number of rotatable bonds is 12. The van der Waals surface area contributed by atoms with Gasteiger partial charge in [0.25, 0.3) is 0 Å². The van der Waals surface area contributed by atoms with Gasteiger partial charge in [0.2, 0.25) is 0 Å². The van der Waals surface area contributed by atoms with Gasteiger partial charge in [0, 0.05) is 0 Å². The van der Waals surface area contributed by atoms with Crippen LogP contribution in [0.3, 0.4) is 0 Å². The molecule has 6 aromatic rings. The molecule has 53 heavy (non-hydrogen) atoms. The van der Waals surface area contributed by atoms with Crippen LogP contribution in [0.15, 0.2) is 118 Å². The van der Waals surface area contributed by atoms with Gasteiger partial charge in [0.1, 0.15) is 0 Å². The summed E-state index contributed by atoms with van der Waals surface area (Å²) < 4.78 is 13.9. The Hall–Kier alpha value is -3.62. The minimum Gasteiger partial charge on any atom is -1.00 e. The molecule has 0 saturated carbocycles. The van der Waals surface area contributed by atoms with Crippen LogP contribution >= 0.6 is 0 Å². The van der Waals surface area contributed by atoms with Crippen LogP contribution in [0, 0.1) is 0 Å². The average Bonchev–Trinajstić information content (AvgIpc) is 3.98.